The van der Waals surface area contributed by atoms with E-state index in [0.717, 1.165) is 12.8 Å². The van der Waals surface area contributed by atoms with Gasteiger partial charge < -0.3 is 10.2 Å². The fraction of sp³-hybridized carbons (Fsp3) is 1.00. The van der Waals surface area contributed by atoms with Crippen molar-refractivity contribution in [3.05, 3.63) is 0 Å². The Morgan fingerprint density at radius 2 is 1.08 bits per heavy atom. The highest BCUT2D eigenvalue weighted by Crippen LogP contribution is 2.13. The number of hydrogen-bond acceptors (Lipinski definition) is 6. The topological polar surface area (TPSA) is 93.1 Å². The summed E-state index contributed by atoms with van der Waals surface area (Å²) in [4.78, 5) is 0. The molecule has 0 aliphatic heterocycles. The maximum atomic E-state index is 11.2. The van der Waals surface area contributed by atoms with Gasteiger partial charge in [0.25, 0.3) is 0 Å². The molecule has 0 radical (unpaired) electrons. The first-order chi connectivity index (χ1) is 12.0. The van der Waals surface area contributed by atoms with E-state index in [-0.39, 0.29) is 6.61 Å². The molecule has 0 fully saturated rings. The minimum absolute atomic E-state index is 0.0713. The van der Waals surface area contributed by atoms with E-state index in [1.165, 1.54) is 70.6 Å². The smallest absolute Gasteiger partial charge is 0.366 e. The Hall–Kier alpha value is -0.210. The average molecular weight is 383 g/mol. The van der Waals surface area contributed by atoms with Crippen LogP contribution in [0.15, 0.2) is 0 Å². The normalized spacial score (nSPS) is 12.2. The zero-order chi connectivity index (χ0) is 18.8. The average Bonchev–Trinajstić information content (AvgIpc) is 2.56. The van der Waals surface area contributed by atoms with Gasteiger partial charge in [0.15, 0.2) is 6.29 Å². The standard InChI is InChI=1S/C18H38O6S/c1-2-3-4-5-6-7-8-9-10-11-12-13-14-15-16-23-25(21,22)24-17-18(19)20/h18-20H,2-17H2,1H3. The third-order valence-electron chi connectivity index (χ3n) is 4.09. The van der Waals surface area contributed by atoms with Crippen LogP contribution in [-0.2, 0) is 18.8 Å². The molecule has 0 aromatic heterocycles. The number of rotatable bonds is 19. The summed E-state index contributed by atoms with van der Waals surface area (Å²) < 4.78 is 31.3. The van der Waals surface area contributed by atoms with Gasteiger partial charge >= 0.3 is 10.4 Å². The molecular weight excluding hydrogens is 344 g/mol. The molecule has 0 amide bonds. The maximum absolute atomic E-state index is 11.2. The molecule has 0 spiro atoms. The lowest BCUT2D eigenvalue weighted by molar-refractivity contribution is -0.0696. The molecule has 0 rings (SSSR count). The van der Waals surface area contributed by atoms with Crippen molar-refractivity contribution in [1.82, 2.24) is 0 Å². The third kappa shape index (κ3) is 20.0. The molecule has 7 heteroatoms. The van der Waals surface area contributed by atoms with E-state index in [2.05, 4.69) is 15.3 Å². The summed E-state index contributed by atoms with van der Waals surface area (Å²) in [5.74, 6) is 0. The predicted octanol–water partition coefficient (Wildman–Crippen LogP) is 4.06. The highest BCUT2D eigenvalue weighted by molar-refractivity contribution is 7.81. The van der Waals surface area contributed by atoms with Gasteiger partial charge in [-0.3, -0.25) is 0 Å². The molecule has 0 saturated carbocycles. The molecule has 0 aromatic carbocycles. The first kappa shape index (κ1) is 24.8. The molecule has 0 aromatic rings. The van der Waals surface area contributed by atoms with Crippen molar-refractivity contribution in [3.8, 4) is 0 Å². The summed E-state index contributed by atoms with van der Waals surface area (Å²) in [6, 6.07) is 0. The van der Waals surface area contributed by atoms with Gasteiger partial charge in [0.05, 0.1) is 6.61 Å². The minimum atomic E-state index is -4.11. The van der Waals surface area contributed by atoms with Crippen molar-refractivity contribution < 1.29 is 27.0 Å². The van der Waals surface area contributed by atoms with Crippen molar-refractivity contribution in [1.29, 1.82) is 0 Å². The Labute approximate surface area is 154 Å². The molecule has 0 saturated heterocycles. The zero-order valence-corrected chi connectivity index (χ0v) is 16.6. The molecular formula is C18H38O6S. The van der Waals surface area contributed by atoms with E-state index in [1.807, 2.05) is 0 Å². The summed E-state index contributed by atoms with van der Waals surface area (Å²) in [7, 11) is -4.11. The summed E-state index contributed by atoms with van der Waals surface area (Å²) in [6.07, 6.45) is 15.4. The number of unbranched alkanes of at least 4 members (excludes halogenated alkanes) is 13. The van der Waals surface area contributed by atoms with E-state index in [9.17, 15) is 8.42 Å². The molecule has 0 unspecified atom stereocenters. The molecule has 0 bridgehead atoms. The lowest BCUT2D eigenvalue weighted by atomic mass is 10.0. The van der Waals surface area contributed by atoms with Crippen molar-refractivity contribution in [3.63, 3.8) is 0 Å². The first-order valence-electron chi connectivity index (χ1n) is 9.88. The van der Waals surface area contributed by atoms with Crippen LogP contribution in [0.3, 0.4) is 0 Å². The third-order valence-corrected chi connectivity index (χ3v) is 4.97. The highest BCUT2D eigenvalue weighted by Gasteiger charge is 2.13. The van der Waals surface area contributed by atoms with E-state index >= 15 is 0 Å². The van der Waals surface area contributed by atoms with Crippen LogP contribution in [0.5, 0.6) is 0 Å². The Bertz CT molecular complexity index is 370. The van der Waals surface area contributed by atoms with Gasteiger partial charge in [-0.25, -0.2) is 8.37 Å². The van der Waals surface area contributed by atoms with E-state index in [4.69, 9.17) is 10.2 Å². The molecule has 2 N–H and O–H groups in total. The summed E-state index contributed by atoms with van der Waals surface area (Å²) in [5.41, 5.74) is 0. The molecule has 0 aliphatic carbocycles. The van der Waals surface area contributed by atoms with Crippen LogP contribution in [0.2, 0.25) is 0 Å². The van der Waals surface area contributed by atoms with Gasteiger partial charge in [0.1, 0.15) is 6.61 Å². The van der Waals surface area contributed by atoms with Gasteiger partial charge in [-0.2, -0.15) is 8.42 Å². The number of hydrogen-bond donors (Lipinski definition) is 2. The lowest BCUT2D eigenvalue weighted by Gasteiger charge is -2.07. The van der Waals surface area contributed by atoms with Crippen LogP contribution in [0.4, 0.5) is 0 Å². The van der Waals surface area contributed by atoms with Crippen LogP contribution in [0, 0.1) is 0 Å². The quantitative estimate of drug-likeness (QED) is 0.258. The molecule has 6 nitrogen and oxygen atoms in total. The first-order valence-corrected chi connectivity index (χ1v) is 11.2. The molecule has 0 atom stereocenters. The van der Waals surface area contributed by atoms with Gasteiger partial charge in [-0.05, 0) is 6.42 Å². The van der Waals surface area contributed by atoms with Gasteiger partial charge in [-0.1, -0.05) is 90.4 Å². The molecule has 0 aliphatic rings. The maximum Gasteiger partial charge on any atom is 0.400 e. The van der Waals surface area contributed by atoms with E-state index in [1.54, 1.807) is 0 Å². The van der Waals surface area contributed by atoms with E-state index < -0.39 is 23.3 Å². The number of aliphatic hydroxyl groups excluding tert-OH is 1. The van der Waals surface area contributed by atoms with Crippen molar-refractivity contribution in [2.45, 2.75) is 103 Å². The Morgan fingerprint density at radius 1 is 0.680 bits per heavy atom. The van der Waals surface area contributed by atoms with Gasteiger partial charge in [0, 0.05) is 0 Å². The van der Waals surface area contributed by atoms with Crippen molar-refractivity contribution in [2.24, 2.45) is 0 Å². The monoisotopic (exact) mass is 382 g/mol. The summed E-state index contributed by atoms with van der Waals surface area (Å²) in [5, 5.41) is 17.1. The fourth-order valence-electron chi connectivity index (χ4n) is 2.64. The van der Waals surface area contributed by atoms with Crippen molar-refractivity contribution in [2.75, 3.05) is 13.2 Å². The second-order valence-electron chi connectivity index (χ2n) is 6.59. The summed E-state index contributed by atoms with van der Waals surface area (Å²) >= 11 is 0. The van der Waals surface area contributed by atoms with Crippen molar-refractivity contribution >= 4 is 10.4 Å². The van der Waals surface area contributed by atoms with Crippen LogP contribution < -0.4 is 0 Å². The van der Waals surface area contributed by atoms with Crippen LogP contribution >= 0.6 is 0 Å². The van der Waals surface area contributed by atoms with Gasteiger partial charge in [-0.15, -0.1) is 0 Å². The van der Waals surface area contributed by atoms with Crippen LogP contribution in [0.25, 0.3) is 0 Å². The predicted molar refractivity (Wildman–Crippen MR) is 99.4 cm³/mol. The largest absolute Gasteiger partial charge is 0.400 e. The van der Waals surface area contributed by atoms with E-state index in [0.29, 0.717) is 6.42 Å². The van der Waals surface area contributed by atoms with Crippen LogP contribution in [-0.4, -0.2) is 38.1 Å². The van der Waals surface area contributed by atoms with Gasteiger partial charge in [0.2, 0.25) is 0 Å². The lowest BCUT2D eigenvalue weighted by Crippen LogP contribution is -2.19. The SMILES string of the molecule is CCCCCCCCCCCCCCCCOS(=O)(=O)OCC(O)O. The molecule has 25 heavy (non-hydrogen) atoms. The fourth-order valence-corrected chi connectivity index (χ4v) is 3.31. The zero-order valence-electron chi connectivity index (χ0n) is 15.8. The molecule has 152 valence electrons. The Kier molecular flexibility index (Phi) is 17.1. The summed E-state index contributed by atoms with van der Waals surface area (Å²) in [6.45, 7) is 1.61. The Morgan fingerprint density at radius 3 is 1.48 bits per heavy atom. The van der Waals surface area contributed by atoms with Crippen LogP contribution in [0.1, 0.15) is 96.8 Å². The number of aliphatic hydroxyl groups is 2. The minimum Gasteiger partial charge on any atom is -0.366 e. The Balaban J connectivity index is 3.23. The molecule has 0 heterocycles. The second kappa shape index (κ2) is 17.2. The highest BCUT2D eigenvalue weighted by atomic mass is 32.3. The second-order valence-corrected chi connectivity index (χ2v) is 7.88.